The van der Waals surface area contributed by atoms with Gasteiger partial charge in [0.15, 0.2) is 4.87 Å². The number of para-hydroxylation sites is 2. The first-order chi connectivity index (χ1) is 8.72. The molecule has 0 amide bonds. The second kappa shape index (κ2) is 8.10. The molecule has 0 aromatic heterocycles. The maximum absolute atomic E-state index is 12.2. The fourth-order valence-corrected chi connectivity index (χ4v) is 1.88. The van der Waals surface area contributed by atoms with Gasteiger partial charge in [0, 0.05) is 11.6 Å². The number of hydrogen-bond acceptors (Lipinski definition) is 1. The summed E-state index contributed by atoms with van der Waals surface area (Å²) >= 11 is 0. The van der Waals surface area contributed by atoms with Gasteiger partial charge in [-0.25, -0.2) is 0 Å². The van der Waals surface area contributed by atoms with Crippen molar-refractivity contribution < 1.29 is 4.87 Å². The molecule has 0 spiro atoms. The van der Waals surface area contributed by atoms with Crippen LogP contribution in [0.3, 0.4) is 0 Å². The van der Waals surface area contributed by atoms with Crippen molar-refractivity contribution in [3.8, 4) is 0 Å². The molecular weight excluding hydrogens is 248 g/mol. The van der Waals surface area contributed by atoms with Crippen LogP contribution in [-0.2, 0) is 6.42 Å². The topological polar surface area (TPSA) is 32.1 Å². The average molecular weight is 273 g/mol. The van der Waals surface area contributed by atoms with E-state index < -0.39 is 0 Å². The lowest BCUT2D eigenvalue weighted by molar-refractivity contribution is -0.428. The van der Waals surface area contributed by atoms with Crippen LogP contribution in [0.2, 0.25) is 0 Å². The highest BCUT2D eigenvalue weighted by atomic mass is 16.3. The van der Waals surface area contributed by atoms with Gasteiger partial charge in [-0.1, -0.05) is 58.2 Å². The molecule has 2 aromatic rings. The van der Waals surface area contributed by atoms with Crippen LogP contribution in [0.25, 0.3) is 0 Å². The van der Waals surface area contributed by atoms with Crippen molar-refractivity contribution in [1.29, 1.82) is 0 Å². The molecule has 0 fully saturated rings. The number of aryl methyl sites for hydroxylation is 2. The van der Waals surface area contributed by atoms with E-state index in [1.54, 1.807) is 0 Å². The number of nitrogens with one attached hydrogen (secondary N) is 1. The molecule has 0 aliphatic heterocycles. The predicted molar refractivity (Wildman–Crippen MR) is 87.4 cm³/mol. The van der Waals surface area contributed by atoms with Crippen LogP contribution in [-0.4, -0.2) is 4.87 Å². The highest BCUT2D eigenvalue weighted by Crippen LogP contribution is 2.21. The summed E-state index contributed by atoms with van der Waals surface area (Å²) in [7, 11) is 0. The maximum atomic E-state index is 12.2. The van der Waals surface area contributed by atoms with E-state index in [2.05, 4.69) is 5.43 Å². The van der Waals surface area contributed by atoms with Crippen molar-refractivity contribution in [2.24, 2.45) is 0 Å². The summed E-state index contributed by atoms with van der Waals surface area (Å²) in [5.74, 6) is 0. The fraction of sp³-hybridized carbons (Fsp3) is 0.294. The van der Waals surface area contributed by atoms with Crippen molar-refractivity contribution in [2.45, 2.75) is 35.1 Å². The zero-order valence-corrected chi connectivity index (χ0v) is 10.7. The van der Waals surface area contributed by atoms with E-state index in [4.69, 9.17) is 0 Å². The second-order valence-corrected chi connectivity index (χ2v) is 4.20. The van der Waals surface area contributed by atoms with Crippen molar-refractivity contribution >= 4 is 11.4 Å². The minimum atomic E-state index is 0. The molecule has 3 nitrogen and oxygen atoms in total. The number of rotatable bonds is 4. The Morgan fingerprint density at radius 2 is 1.60 bits per heavy atom. The molecule has 0 heterocycles. The largest absolute Gasteiger partial charge is 0.295 e. The van der Waals surface area contributed by atoms with Crippen LogP contribution in [0.4, 0.5) is 11.4 Å². The minimum Gasteiger partial charge on any atom is -0.114 e. The molecule has 0 saturated carbocycles. The molecule has 20 heavy (non-hydrogen) atoms. The molecule has 0 aliphatic carbocycles. The SMILES string of the molecule is C.C.CCc1ccccc1[N+](=O)Nc1ccccc1C. The van der Waals surface area contributed by atoms with Gasteiger partial charge in [0.25, 0.3) is 5.69 Å². The molecule has 3 heteroatoms. The summed E-state index contributed by atoms with van der Waals surface area (Å²) in [6.45, 7) is 4.02. The molecule has 1 N–H and O–H groups in total. The second-order valence-electron chi connectivity index (χ2n) is 4.20. The van der Waals surface area contributed by atoms with Gasteiger partial charge in [-0.3, -0.25) is 0 Å². The van der Waals surface area contributed by atoms with Gasteiger partial charge in [0.05, 0.1) is 4.91 Å². The number of benzene rings is 2. The van der Waals surface area contributed by atoms with Gasteiger partial charge in [-0.15, -0.1) is 5.43 Å². The summed E-state index contributed by atoms with van der Waals surface area (Å²) in [5, 5.41) is 0. The van der Waals surface area contributed by atoms with E-state index in [1.165, 1.54) is 0 Å². The molecule has 0 bridgehead atoms. The number of hydrazine groups is 1. The van der Waals surface area contributed by atoms with Crippen LogP contribution in [0.1, 0.15) is 32.9 Å². The number of nitroso groups, excluding NO2 is 1. The Morgan fingerprint density at radius 1 is 1.00 bits per heavy atom. The first-order valence-corrected chi connectivity index (χ1v) is 6.10. The quantitative estimate of drug-likeness (QED) is 0.608. The molecular formula is C17H25N2O+. The monoisotopic (exact) mass is 273 g/mol. The lowest BCUT2D eigenvalue weighted by Crippen LogP contribution is -2.12. The van der Waals surface area contributed by atoms with E-state index in [1.807, 2.05) is 62.4 Å². The van der Waals surface area contributed by atoms with Crippen LogP contribution < -0.4 is 5.43 Å². The Kier molecular flexibility index (Phi) is 7.22. The van der Waals surface area contributed by atoms with Crippen molar-refractivity contribution in [1.82, 2.24) is 0 Å². The highest BCUT2D eigenvalue weighted by molar-refractivity contribution is 5.49. The minimum absolute atomic E-state index is 0. The Morgan fingerprint density at radius 3 is 2.25 bits per heavy atom. The molecule has 2 rings (SSSR count). The first kappa shape index (κ1) is 17.8. The lowest BCUT2D eigenvalue weighted by atomic mass is 10.1. The van der Waals surface area contributed by atoms with Crippen molar-refractivity contribution in [2.75, 3.05) is 5.43 Å². The molecule has 0 aliphatic rings. The first-order valence-electron chi connectivity index (χ1n) is 6.10. The van der Waals surface area contributed by atoms with E-state index in [0.29, 0.717) is 5.69 Å². The fourth-order valence-electron chi connectivity index (χ4n) is 1.88. The summed E-state index contributed by atoms with van der Waals surface area (Å²) in [5.41, 5.74) is 6.46. The Balaban J connectivity index is 0.00000180. The van der Waals surface area contributed by atoms with Gasteiger partial charge in [0.1, 0.15) is 5.69 Å². The van der Waals surface area contributed by atoms with Gasteiger partial charge in [-0.2, -0.15) is 0 Å². The van der Waals surface area contributed by atoms with Crippen LogP contribution in [0.5, 0.6) is 0 Å². The van der Waals surface area contributed by atoms with Gasteiger partial charge < -0.3 is 0 Å². The summed E-state index contributed by atoms with van der Waals surface area (Å²) in [6.07, 6.45) is 0.838. The predicted octanol–water partition coefficient (Wildman–Crippen LogP) is 5.27. The van der Waals surface area contributed by atoms with Crippen LogP contribution in [0.15, 0.2) is 48.5 Å². The Labute approximate surface area is 122 Å². The maximum Gasteiger partial charge on any atom is 0.295 e. The van der Waals surface area contributed by atoms with Crippen LogP contribution >= 0.6 is 0 Å². The Bertz CT molecular complexity index is 564. The lowest BCUT2D eigenvalue weighted by Gasteiger charge is -2.03. The summed E-state index contributed by atoms with van der Waals surface area (Å²) in [4.78, 5) is 13.0. The van der Waals surface area contributed by atoms with Crippen molar-refractivity contribution in [3.63, 3.8) is 0 Å². The van der Waals surface area contributed by atoms with Crippen LogP contribution in [0, 0.1) is 11.8 Å². The molecule has 2 aromatic carbocycles. The third-order valence-electron chi connectivity index (χ3n) is 2.96. The van der Waals surface area contributed by atoms with Gasteiger partial charge >= 0.3 is 0 Å². The normalized spacial score (nSPS) is 9.10. The van der Waals surface area contributed by atoms with Gasteiger partial charge in [0.2, 0.25) is 0 Å². The summed E-state index contributed by atoms with van der Waals surface area (Å²) in [6, 6.07) is 15.4. The highest BCUT2D eigenvalue weighted by Gasteiger charge is 2.18. The smallest absolute Gasteiger partial charge is 0.114 e. The van der Waals surface area contributed by atoms with Gasteiger partial charge in [-0.05, 0) is 25.0 Å². The third-order valence-corrected chi connectivity index (χ3v) is 2.96. The molecule has 0 unspecified atom stereocenters. The van der Waals surface area contributed by atoms with E-state index in [-0.39, 0.29) is 14.9 Å². The van der Waals surface area contributed by atoms with E-state index in [0.717, 1.165) is 28.1 Å². The molecule has 0 saturated heterocycles. The molecule has 108 valence electrons. The standard InChI is InChI=1S/C15H17N2O.2CH4/c1-3-13-9-5-7-11-15(13)17(18)16-14-10-6-4-8-12(14)2;;/h4-11H,3H2,1-2H3,(H,16,18);2*1H4/q+1;;. The number of anilines is 1. The zero-order valence-electron chi connectivity index (χ0n) is 10.7. The third kappa shape index (κ3) is 3.92. The van der Waals surface area contributed by atoms with E-state index in [9.17, 15) is 4.91 Å². The average Bonchev–Trinajstić information content (AvgIpc) is 2.41. The number of hydrogen-bond donors (Lipinski definition) is 1. The molecule has 0 radical (unpaired) electrons. The van der Waals surface area contributed by atoms with E-state index >= 15 is 0 Å². The summed E-state index contributed by atoms with van der Waals surface area (Å²) < 4.78 is 0. The Hall–Kier alpha value is -2.16. The number of nitrogens with zero attached hydrogens (tertiary/aromatic N) is 1. The van der Waals surface area contributed by atoms with Crippen molar-refractivity contribution in [3.05, 3.63) is 64.6 Å². The molecule has 0 atom stereocenters. The zero-order chi connectivity index (χ0) is 13.0.